The summed E-state index contributed by atoms with van der Waals surface area (Å²) >= 11 is 0. The molecule has 1 aromatic carbocycles. The van der Waals surface area contributed by atoms with Crippen LogP contribution in [0, 0.1) is 6.92 Å². The predicted molar refractivity (Wildman–Crippen MR) is 84.7 cm³/mol. The molecule has 1 fully saturated rings. The van der Waals surface area contributed by atoms with Gasteiger partial charge in [-0.2, -0.15) is 0 Å². The molecule has 3 nitrogen and oxygen atoms in total. The third kappa shape index (κ3) is 2.23. The van der Waals surface area contributed by atoms with Crippen molar-refractivity contribution in [2.45, 2.75) is 38.5 Å². The number of hydrogen-bond acceptors (Lipinski definition) is 2. The van der Waals surface area contributed by atoms with Crippen molar-refractivity contribution in [2.24, 2.45) is 0 Å². The van der Waals surface area contributed by atoms with E-state index in [1.165, 1.54) is 11.1 Å². The first-order chi connectivity index (χ1) is 9.17. The Kier molecular flexibility index (Phi) is 4.40. The van der Waals surface area contributed by atoms with Gasteiger partial charge in [0.05, 0.1) is 5.41 Å². The molecule has 0 saturated carbocycles. The number of nitrogens with zero attached hydrogens (tertiary/aromatic N) is 1. The van der Waals surface area contributed by atoms with Gasteiger partial charge in [0.25, 0.3) is 0 Å². The van der Waals surface area contributed by atoms with Gasteiger partial charge in [-0.25, -0.2) is 0 Å². The molecule has 0 aliphatic carbocycles. The number of piperidine rings is 1. The van der Waals surface area contributed by atoms with Crippen LogP contribution in [0.25, 0.3) is 0 Å². The van der Waals surface area contributed by atoms with E-state index in [-0.39, 0.29) is 23.7 Å². The molecule has 3 rings (SSSR count). The maximum atomic E-state index is 12.6. The summed E-state index contributed by atoms with van der Waals surface area (Å²) in [4.78, 5) is 15.0. The highest BCUT2D eigenvalue weighted by molar-refractivity contribution is 6.07. The predicted octanol–water partition coefficient (Wildman–Crippen LogP) is 3.11. The summed E-state index contributed by atoms with van der Waals surface area (Å²) in [6.07, 6.45) is 3.25. The summed E-state index contributed by atoms with van der Waals surface area (Å²) in [5, 5.41) is 3.10. The minimum absolute atomic E-state index is 0. The van der Waals surface area contributed by atoms with Gasteiger partial charge in [-0.05, 0) is 56.5 Å². The largest absolute Gasteiger partial charge is 0.325 e. The van der Waals surface area contributed by atoms with Crippen LogP contribution in [-0.4, -0.2) is 30.4 Å². The number of carbonyl (C=O) groups excluding carboxylic acids is 1. The lowest BCUT2D eigenvalue weighted by atomic mass is 9.73. The van der Waals surface area contributed by atoms with Crippen LogP contribution >= 0.6 is 12.4 Å². The summed E-state index contributed by atoms with van der Waals surface area (Å²) < 4.78 is 0. The zero-order chi connectivity index (χ0) is 13.5. The molecule has 1 spiro atoms. The van der Waals surface area contributed by atoms with Crippen LogP contribution in [0.4, 0.5) is 5.69 Å². The molecular weight excluding hydrogens is 272 g/mol. The lowest BCUT2D eigenvalue weighted by Crippen LogP contribution is -2.50. The molecule has 2 heterocycles. The van der Waals surface area contributed by atoms with E-state index in [9.17, 15) is 4.79 Å². The fraction of sp³-hybridized carbons (Fsp3) is 0.562. The summed E-state index contributed by atoms with van der Waals surface area (Å²) in [6.45, 7) is 7.43. The molecule has 1 saturated heterocycles. The second-order valence-corrected chi connectivity index (χ2v) is 5.91. The van der Waals surface area contributed by atoms with Gasteiger partial charge < -0.3 is 10.2 Å². The number of hydrogen-bond donors (Lipinski definition) is 1. The van der Waals surface area contributed by atoms with Crippen molar-refractivity contribution in [3.05, 3.63) is 29.3 Å². The maximum Gasteiger partial charge on any atom is 0.236 e. The Balaban J connectivity index is 0.00000147. The van der Waals surface area contributed by atoms with Crippen LogP contribution in [0.1, 0.15) is 37.3 Å². The second-order valence-electron chi connectivity index (χ2n) is 5.91. The van der Waals surface area contributed by atoms with E-state index < -0.39 is 0 Å². The normalized spacial score (nSPS) is 25.2. The van der Waals surface area contributed by atoms with Gasteiger partial charge in [0.1, 0.15) is 0 Å². The molecule has 110 valence electrons. The zero-order valence-electron chi connectivity index (χ0n) is 12.2. The summed E-state index contributed by atoms with van der Waals surface area (Å²) in [5.74, 6) is 0.206. The van der Waals surface area contributed by atoms with Crippen LogP contribution in [0.2, 0.25) is 0 Å². The van der Waals surface area contributed by atoms with Crippen LogP contribution in [0.15, 0.2) is 18.2 Å². The third-order valence-corrected chi connectivity index (χ3v) is 4.55. The van der Waals surface area contributed by atoms with E-state index in [0.29, 0.717) is 0 Å². The first-order valence-electron chi connectivity index (χ1n) is 7.31. The highest BCUT2D eigenvalue weighted by atomic mass is 35.5. The Morgan fingerprint density at radius 1 is 1.40 bits per heavy atom. The highest BCUT2D eigenvalue weighted by Crippen LogP contribution is 2.45. The lowest BCUT2D eigenvalue weighted by Gasteiger charge is -2.39. The van der Waals surface area contributed by atoms with E-state index in [1.54, 1.807) is 0 Å². The van der Waals surface area contributed by atoms with Gasteiger partial charge in [-0.1, -0.05) is 19.1 Å². The van der Waals surface area contributed by atoms with Gasteiger partial charge in [0.2, 0.25) is 5.91 Å². The molecule has 2 aliphatic heterocycles. The van der Waals surface area contributed by atoms with Crippen LogP contribution in [0.5, 0.6) is 0 Å². The molecular formula is C16H23ClN2O. The molecule has 2 aliphatic rings. The van der Waals surface area contributed by atoms with Gasteiger partial charge in [0, 0.05) is 12.2 Å². The van der Waals surface area contributed by atoms with Crippen molar-refractivity contribution in [2.75, 3.05) is 25.0 Å². The number of fused-ring (bicyclic) bond motifs is 2. The lowest BCUT2D eigenvalue weighted by molar-refractivity contribution is -0.122. The van der Waals surface area contributed by atoms with Crippen molar-refractivity contribution in [1.82, 2.24) is 4.90 Å². The molecule has 0 unspecified atom stereocenters. The van der Waals surface area contributed by atoms with Crippen molar-refractivity contribution in [3.8, 4) is 0 Å². The molecule has 1 N–H and O–H groups in total. The molecule has 1 aromatic rings. The molecule has 1 atom stereocenters. The van der Waals surface area contributed by atoms with Crippen LogP contribution < -0.4 is 5.32 Å². The fourth-order valence-electron chi connectivity index (χ4n) is 3.80. The van der Waals surface area contributed by atoms with Gasteiger partial charge in [0.15, 0.2) is 0 Å². The second kappa shape index (κ2) is 5.74. The Labute approximate surface area is 127 Å². The Bertz CT molecular complexity index is 515. The van der Waals surface area contributed by atoms with Crippen molar-refractivity contribution >= 4 is 24.0 Å². The fourth-order valence-corrected chi connectivity index (χ4v) is 3.80. The molecule has 20 heavy (non-hydrogen) atoms. The van der Waals surface area contributed by atoms with Crippen molar-refractivity contribution in [1.29, 1.82) is 0 Å². The first-order valence-corrected chi connectivity index (χ1v) is 7.31. The number of aryl methyl sites for hydroxylation is 1. The minimum atomic E-state index is -0.298. The molecule has 1 amide bonds. The topological polar surface area (TPSA) is 32.3 Å². The summed E-state index contributed by atoms with van der Waals surface area (Å²) in [5.41, 5.74) is 3.23. The first kappa shape index (κ1) is 15.3. The van der Waals surface area contributed by atoms with Crippen molar-refractivity contribution in [3.63, 3.8) is 0 Å². The number of anilines is 1. The van der Waals surface area contributed by atoms with Crippen LogP contribution in [0.3, 0.4) is 0 Å². The van der Waals surface area contributed by atoms with Crippen molar-refractivity contribution < 1.29 is 4.79 Å². The number of halogens is 1. The zero-order valence-corrected chi connectivity index (χ0v) is 13.1. The standard InChI is InChI=1S/C16H22N2O.ClH/c1-3-9-18-10-5-8-16(11-18)14-12(2)6-4-7-13(14)17-15(16)19;/h4,6-7H,3,5,8-11H2,1-2H3,(H,17,19);1H/t16-;/m1./s1. The van der Waals surface area contributed by atoms with Crippen LogP contribution in [-0.2, 0) is 10.2 Å². The number of rotatable bonds is 2. The number of nitrogens with one attached hydrogen (secondary N) is 1. The minimum Gasteiger partial charge on any atom is -0.325 e. The number of benzene rings is 1. The smallest absolute Gasteiger partial charge is 0.236 e. The molecule has 0 aromatic heterocycles. The number of carbonyl (C=O) groups is 1. The Morgan fingerprint density at radius 3 is 2.95 bits per heavy atom. The number of likely N-dealkylation sites (tertiary alicyclic amines) is 1. The van der Waals surface area contributed by atoms with E-state index in [0.717, 1.165) is 44.6 Å². The molecule has 0 bridgehead atoms. The monoisotopic (exact) mass is 294 g/mol. The SMILES string of the molecule is CCCN1CCC[C@]2(C1)C(=O)Nc1cccc(C)c12.Cl. The quantitative estimate of drug-likeness (QED) is 0.909. The maximum absolute atomic E-state index is 12.6. The summed E-state index contributed by atoms with van der Waals surface area (Å²) in [7, 11) is 0. The van der Waals surface area contributed by atoms with E-state index in [1.807, 2.05) is 12.1 Å². The van der Waals surface area contributed by atoms with E-state index >= 15 is 0 Å². The van der Waals surface area contributed by atoms with E-state index in [4.69, 9.17) is 0 Å². The average Bonchev–Trinajstić information content (AvgIpc) is 2.64. The Morgan fingerprint density at radius 2 is 2.20 bits per heavy atom. The Hall–Kier alpha value is -1.06. The van der Waals surface area contributed by atoms with Gasteiger partial charge in [-0.3, -0.25) is 4.79 Å². The highest BCUT2D eigenvalue weighted by Gasteiger charge is 2.49. The van der Waals surface area contributed by atoms with E-state index in [2.05, 4.69) is 30.1 Å². The summed E-state index contributed by atoms with van der Waals surface area (Å²) in [6, 6.07) is 6.19. The molecule has 4 heteroatoms. The molecule has 0 radical (unpaired) electrons. The number of amides is 1. The van der Waals surface area contributed by atoms with Gasteiger partial charge in [-0.15, -0.1) is 12.4 Å². The van der Waals surface area contributed by atoms with Gasteiger partial charge >= 0.3 is 0 Å². The average molecular weight is 295 g/mol. The third-order valence-electron chi connectivity index (χ3n) is 4.55.